The number of hydrogen-bond acceptors (Lipinski definition) is 8. The number of halogens is 3. The molecule has 4 aliphatic carbocycles. The van der Waals surface area contributed by atoms with Gasteiger partial charge in [-0.25, -0.2) is 0 Å². The van der Waals surface area contributed by atoms with Gasteiger partial charge in [0.15, 0.2) is 11.5 Å². The van der Waals surface area contributed by atoms with Gasteiger partial charge in [0, 0.05) is 0 Å². The molecule has 12 heteroatoms. The third-order valence-corrected chi connectivity index (χ3v) is 9.86. The van der Waals surface area contributed by atoms with Gasteiger partial charge in [-0.15, -0.1) is 0 Å². The van der Waals surface area contributed by atoms with Crippen LogP contribution in [0.2, 0.25) is 0 Å². The van der Waals surface area contributed by atoms with Gasteiger partial charge in [0.1, 0.15) is 5.75 Å². The van der Waals surface area contributed by atoms with Crippen molar-refractivity contribution in [3.05, 3.63) is 58.0 Å². The molecule has 44 heavy (non-hydrogen) atoms. The summed E-state index contributed by atoms with van der Waals surface area (Å²) in [4.78, 5) is 26.9. The van der Waals surface area contributed by atoms with Crippen molar-refractivity contribution in [2.45, 2.75) is 43.9 Å². The molecular weight excluding hydrogens is 597 g/mol. The first-order valence-electron chi connectivity index (χ1n) is 14.5. The molecule has 1 heterocycles. The number of amides is 2. The summed E-state index contributed by atoms with van der Waals surface area (Å²) in [6, 6.07) is 9.13. The van der Waals surface area contributed by atoms with E-state index in [9.17, 15) is 22.8 Å². The maximum absolute atomic E-state index is 13.6. The predicted octanol–water partition coefficient (Wildman–Crippen LogP) is 7.03. The molecule has 0 aromatic heterocycles. The maximum atomic E-state index is 13.6. The molecule has 0 spiro atoms. The summed E-state index contributed by atoms with van der Waals surface area (Å²) in [6.45, 7) is 1.21. The first-order chi connectivity index (χ1) is 21.1. The van der Waals surface area contributed by atoms with Crippen LogP contribution in [0.4, 0.5) is 18.0 Å². The van der Waals surface area contributed by atoms with E-state index in [-0.39, 0.29) is 40.7 Å². The van der Waals surface area contributed by atoms with E-state index in [1.165, 1.54) is 50.3 Å². The van der Waals surface area contributed by atoms with Gasteiger partial charge in [-0.1, -0.05) is 6.07 Å². The molecule has 8 nitrogen and oxygen atoms in total. The fourth-order valence-electron chi connectivity index (χ4n) is 7.22. The van der Waals surface area contributed by atoms with E-state index in [2.05, 4.69) is 0 Å². The number of methoxy groups -OCH3 is 1. The molecule has 5 fully saturated rings. The standard InChI is InChI=1S/C32H31F3N2O6S/c1-40-27-13-19(2-5-26(27)43-25-4-3-20(18-36)12-24(25)32(33,34)35)14-28-29(38)37(30(39)44-28)6-7-41-8-9-42-31-15-21-10-22(16-31)23(11-21)17-31/h2-5,12-14,21-23H,6-11,15-17H2,1H3/b28-14-. The van der Waals surface area contributed by atoms with E-state index in [0.29, 0.717) is 24.8 Å². The zero-order valence-corrected chi connectivity index (χ0v) is 24.8. The summed E-state index contributed by atoms with van der Waals surface area (Å²) in [7, 11) is 1.33. The fourth-order valence-corrected chi connectivity index (χ4v) is 8.08. The number of imide groups is 1. The van der Waals surface area contributed by atoms with Crippen LogP contribution in [0.25, 0.3) is 6.08 Å². The lowest BCUT2D eigenvalue weighted by Crippen LogP contribution is -2.38. The van der Waals surface area contributed by atoms with Crippen molar-refractivity contribution in [2.24, 2.45) is 17.8 Å². The molecule has 1 aliphatic heterocycles. The van der Waals surface area contributed by atoms with Crippen molar-refractivity contribution >= 4 is 29.0 Å². The molecule has 232 valence electrons. The van der Waals surface area contributed by atoms with Crippen LogP contribution in [0.1, 0.15) is 48.8 Å². The molecule has 4 bridgehead atoms. The number of nitriles is 1. The molecule has 2 amide bonds. The van der Waals surface area contributed by atoms with E-state index < -0.39 is 28.6 Å². The Morgan fingerprint density at radius 1 is 1.02 bits per heavy atom. The largest absolute Gasteiger partial charge is 0.493 e. The van der Waals surface area contributed by atoms with Gasteiger partial charge in [-0.2, -0.15) is 18.4 Å². The minimum atomic E-state index is -4.74. The lowest BCUT2D eigenvalue weighted by molar-refractivity contribution is -0.138. The minimum absolute atomic E-state index is 0.00160. The third kappa shape index (κ3) is 6.18. The number of carbonyl (C=O) groups is 2. The Labute approximate surface area is 257 Å². The van der Waals surface area contributed by atoms with E-state index >= 15 is 0 Å². The molecule has 4 saturated carbocycles. The molecule has 2 unspecified atom stereocenters. The molecule has 0 N–H and O–H groups in total. The summed E-state index contributed by atoms with van der Waals surface area (Å²) in [5, 5.41) is 8.57. The summed E-state index contributed by atoms with van der Waals surface area (Å²) in [5.41, 5.74) is -0.740. The van der Waals surface area contributed by atoms with Crippen LogP contribution >= 0.6 is 11.8 Å². The Morgan fingerprint density at radius 2 is 1.77 bits per heavy atom. The number of rotatable bonds is 11. The molecular formula is C32H31F3N2O6S. The number of nitrogens with zero attached hydrogens (tertiary/aromatic N) is 2. The molecule has 2 aromatic rings. The van der Waals surface area contributed by atoms with Crippen LogP contribution in [-0.2, 0) is 20.4 Å². The van der Waals surface area contributed by atoms with Crippen LogP contribution in [0.5, 0.6) is 17.2 Å². The summed E-state index contributed by atoms with van der Waals surface area (Å²) >= 11 is 0.798. The molecule has 2 atom stereocenters. The summed E-state index contributed by atoms with van der Waals surface area (Å²) in [6.07, 6.45) is 2.96. The lowest BCUT2D eigenvalue weighted by atomic mass is 9.78. The highest BCUT2D eigenvalue weighted by Gasteiger charge is 2.56. The van der Waals surface area contributed by atoms with Gasteiger partial charge < -0.3 is 18.9 Å². The van der Waals surface area contributed by atoms with E-state index in [0.717, 1.165) is 59.7 Å². The van der Waals surface area contributed by atoms with E-state index in [4.69, 9.17) is 24.2 Å². The Hall–Kier alpha value is -3.53. The first-order valence-corrected chi connectivity index (χ1v) is 15.3. The quantitative estimate of drug-likeness (QED) is 0.193. The van der Waals surface area contributed by atoms with Crippen molar-refractivity contribution in [1.82, 2.24) is 4.90 Å². The summed E-state index contributed by atoms with van der Waals surface area (Å²) in [5.74, 6) is 1.64. The number of ether oxygens (including phenoxy) is 4. The smallest absolute Gasteiger partial charge is 0.420 e. The Morgan fingerprint density at radius 3 is 2.45 bits per heavy atom. The fraction of sp³-hybridized carbons (Fsp3) is 0.469. The van der Waals surface area contributed by atoms with E-state index in [1.54, 1.807) is 6.07 Å². The van der Waals surface area contributed by atoms with Crippen molar-refractivity contribution in [3.8, 4) is 23.3 Å². The van der Waals surface area contributed by atoms with Gasteiger partial charge in [-0.3, -0.25) is 14.5 Å². The van der Waals surface area contributed by atoms with E-state index in [1.807, 2.05) is 0 Å². The van der Waals surface area contributed by atoms with Crippen LogP contribution in [0.3, 0.4) is 0 Å². The van der Waals surface area contributed by atoms with Crippen LogP contribution < -0.4 is 9.47 Å². The van der Waals surface area contributed by atoms with Gasteiger partial charge in [0.2, 0.25) is 0 Å². The lowest BCUT2D eigenvalue weighted by Gasteiger charge is -2.38. The van der Waals surface area contributed by atoms with Crippen molar-refractivity contribution < 1.29 is 41.7 Å². The molecule has 7 rings (SSSR count). The average Bonchev–Trinajstić information content (AvgIpc) is 3.52. The van der Waals surface area contributed by atoms with Crippen molar-refractivity contribution in [1.29, 1.82) is 5.26 Å². The van der Waals surface area contributed by atoms with Crippen LogP contribution in [-0.4, -0.2) is 55.1 Å². The molecule has 1 saturated heterocycles. The number of thioether (sulfide) groups is 1. The zero-order chi connectivity index (χ0) is 31.1. The predicted molar refractivity (Wildman–Crippen MR) is 155 cm³/mol. The Balaban J connectivity index is 1.03. The molecule has 5 aliphatic rings. The monoisotopic (exact) mass is 628 g/mol. The second-order valence-corrected chi connectivity index (χ2v) is 12.8. The SMILES string of the molecule is COc1cc(/C=C2\SC(=O)N(CCOCCOC34CC5CC(C3)C(C5)C4)C2=O)ccc1Oc1ccc(C#N)cc1C(F)(F)F. The Kier molecular flexibility index (Phi) is 8.39. The third-order valence-electron chi connectivity index (χ3n) is 8.96. The van der Waals surface area contributed by atoms with Crippen LogP contribution in [0, 0.1) is 29.1 Å². The highest BCUT2D eigenvalue weighted by molar-refractivity contribution is 8.18. The molecule has 2 aromatic carbocycles. The number of hydrogen-bond donors (Lipinski definition) is 0. The van der Waals surface area contributed by atoms with Gasteiger partial charge >= 0.3 is 6.18 Å². The second-order valence-electron chi connectivity index (χ2n) is 11.8. The van der Waals surface area contributed by atoms with Gasteiger partial charge in [0.25, 0.3) is 11.1 Å². The van der Waals surface area contributed by atoms with Crippen molar-refractivity contribution in [3.63, 3.8) is 0 Å². The summed E-state index contributed by atoms with van der Waals surface area (Å²) < 4.78 is 63.6. The van der Waals surface area contributed by atoms with Gasteiger partial charge in [0.05, 0.1) is 61.2 Å². The highest BCUT2D eigenvalue weighted by atomic mass is 32.2. The number of alkyl halides is 3. The Bertz CT molecular complexity index is 1520. The highest BCUT2D eigenvalue weighted by Crippen LogP contribution is 2.61. The average molecular weight is 629 g/mol. The number of carbonyl (C=O) groups excluding carboxylic acids is 2. The zero-order valence-electron chi connectivity index (χ0n) is 24.0. The topological polar surface area (TPSA) is 98.1 Å². The van der Waals surface area contributed by atoms with Crippen molar-refractivity contribution in [2.75, 3.05) is 33.5 Å². The second kappa shape index (κ2) is 12.1. The normalized spacial score (nSPS) is 26.6. The minimum Gasteiger partial charge on any atom is -0.493 e. The van der Waals surface area contributed by atoms with Crippen LogP contribution in [0.15, 0.2) is 41.3 Å². The maximum Gasteiger partial charge on any atom is 0.420 e. The first kappa shape index (κ1) is 30.5. The number of benzene rings is 2. The van der Waals surface area contributed by atoms with Gasteiger partial charge in [-0.05, 0) is 104 Å². The molecule has 0 radical (unpaired) electrons.